The summed E-state index contributed by atoms with van der Waals surface area (Å²) < 4.78 is 15.1. The van der Waals surface area contributed by atoms with Gasteiger partial charge in [0.05, 0.1) is 31.4 Å². The summed E-state index contributed by atoms with van der Waals surface area (Å²) in [7, 11) is 4.54. The Kier molecular flexibility index (Phi) is 8.01. The molecule has 0 heterocycles. The van der Waals surface area contributed by atoms with Crippen LogP contribution < -0.4 is 9.47 Å². The maximum atomic E-state index is 11.4. The lowest BCUT2D eigenvalue weighted by Gasteiger charge is -2.11. The van der Waals surface area contributed by atoms with Gasteiger partial charge in [0, 0.05) is 6.42 Å². The lowest BCUT2D eigenvalue weighted by molar-refractivity contribution is -0.140. The van der Waals surface area contributed by atoms with Crippen molar-refractivity contribution in [1.82, 2.24) is 0 Å². The molecule has 144 valence electrons. The number of carbonyl (C=O) groups excluding carboxylic acids is 1. The Bertz CT molecular complexity index is 831. The molecule has 0 spiro atoms. The van der Waals surface area contributed by atoms with Gasteiger partial charge in [-0.3, -0.25) is 4.79 Å². The van der Waals surface area contributed by atoms with Crippen LogP contribution in [0.25, 0.3) is 11.6 Å². The minimum Gasteiger partial charge on any atom is -0.495 e. The van der Waals surface area contributed by atoms with Crippen molar-refractivity contribution in [3.05, 3.63) is 57.6 Å². The van der Waals surface area contributed by atoms with E-state index in [2.05, 4.69) is 0 Å². The number of hydrogen-bond acceptors (Lipinski definition) is 4. The highest BCUT2D eigenvalue weighted by molar-refractivity contribution is 6.32. The predicted molar refractivity (Wildman–Crippen MR) is 110 cm³/mol. The van der Waals surface area contributed by atoms with E-state index in [1.807, 2.05) is 42.5 Å². The summed E-state index contributed by atoms with van der Waals surface area (Å²) in [6, 6.07) is 11.2. The summed E-state index contributed by atoms with van der Waals surface area (Å²) in [4.78, 5) is 11.4. The van der Waals surface area contributed by atoms with Crippen LogP contribution in [0.1, 0.15) is 30.4 Å². The number of methoxy groups -OCH3 is 3. The van der Waals surface area contributed by atoms with E-state index in [4.69, 9.17) is 37.4 Å². The molecular formula is C21H22Cl2O4. The van der Waals surface area contributed by atoms with E-state index < -0.39 is 0 Å². The molecule has 2 aromatic rings. The van der Waals surface area contributed by atoms with Crippen molar-refractivity contribution < 1.29 is 19.0 Å². The first-order valence-electron chi connectivity index (χ1n) is 8.43. The molecule has 0 atom stereocenters. The molecule has 4 nitrogen and oxygen atoms in total. The number of hydrogen-bond donors (Lipinski definition) is 0. The predicted octanol–water partition coefficient (Wildman–Crippen LogP) is 5.89. The Morgan fingerprint density at radius 1 is 0.926 bits per heavy atom. The van der Waals surface area contributed by atoms with Crippen LogP contribution >= 0.6 is 23.2 Å². The molecule has 0 aromatic heterocycles. The van der Waals surface area contributed by atoms with E-state index in [9.17, 15) is 4.79 Å². The third kappa shape index (κ3) is 5.91. The Balaban J connectivity index is 2.35. The van der Waals surface area contributed by atoms with Crippen molar-refractivity contribution in [3.63, 3.8) is 0 Å². The molecule has 0 saturated heterocycles. The molecule has 2 rings (SSSR count). The standard InChI is InChI=1S/C21H22Cl2O4/c1-25-19-9-7-14(12-17(19)22)11-15(5-4-6-21(24)27-3)16-8-10-20(26-2)18(23)13-16/h7-13H,4-6H2,1-3H3/b15-11+. The largest absolute Gasteiger partial charge is 0.495 e. The maximum absolute atomic E-state index is 11.4. The number of rotatable bonds is 8. The summed E-state index contributed by atoms with van der Waals surface area (Å²) in [6.07, 6.45) is 3.72. The quantitative estimate of drug-likeness (QED) is 0.403. The first kappa shape index (κ1) is 21.1. The molecule has 0 aliphatic carbocycles. The SMILES string of the molecule is COC(=O)CCC/C(=C\c1ccc(OC)c(Cl)c1)c1ccc(OC)c(Cl)c1. The first-order valence-corrected chi connectivity index (χ1v) is 9.19. The molecule has 0 fully saturated rings. The van der Waals surface area contributed by atoms with Crippen molar-refractivity contribution in [2.45, 2.75) is 19.3 Å². The van der Waals surface area contributed by atoms with Gasteiger partial charge in [-0.1, -0.05) is 41.4 Å². The number of benzene rings is 2. The van der Waals surface area contributed by atoms with Gasteiger partial charge in [0.25, 0.3) is 0 Å². The lowest BCUT2D eigenvalue weighted by atomic mass is 9.97. The Morgan fingerprint density at radius 2 is 1.56 bits per heavy atom. The monoisotopic (exact) mass is 408 g/mol. The zero-order valence-corrected chi connectivity index (χ0v) is 17.1. The third-order valence-corrected chi connectivity index (χ3v) is 4.68. The summed E-state index contributed by atoms with van der Waals surface area (Å²) in [5.41, 5.74) is 2.92. The van der Waals surface area contributed by atoms with Gasteiger partial charge >= 0.3 is 5.97 Å². The van der Waals surface area contributed by atoms with Crippen LogP contribution in [0.5, 0.6) is 11.5 Å². The van der Waals surface area contributed by atoms with Crippen molar-refractivity contribution >= 4 is 40.8 Å². The van der Waals surface area contributed by atoms with E-state index in [1.165, 1.54) is 7.11 Å². The molecule has 0 aliphatic heterocycles. The zero-order valence-electron chi connectivity index (χ0n) is 15.6. The number of allylic oxidation sites excluding steroid dienone is 1. The van der Waals surface area contributed by atoms with Gasteiger partial charge in [-0.15, -0.1) is 0 Å². The highest BCUT2D eigenvalue weighted by Crippen LogP contribution is 2.32. The molecule has 6 heteroatoms. The third-order valence-electron chi connectivity index (χ3n) is 4.09. The van der Waals surface area contributed by atoms with Crippen LogP contribution in [0.2, 0.25) is 10.0 Å². The molecule has 2 aromatic carbocycles. The van der Waals surface area contributed by atoms with E-state index in [0.717, 1.165) is 16.7 Å². The fourth-order valence-electron chi connectivity index (χ4n) is 2.66. The van der Waals surface area contributed by atoms with Gasteiger partial charge in [-0.05, 0) is 53.8 Å². The molecule has 0 bridgehead atoms. The van der Waals surface area contributed by atoms with E-state index in [-0.39, 0.29) is 5.97 Å². The van der Waals surface area contributed by atoms with E-state index >= 15 is 0 Å². The molecule has 0 unspecified atom stereocenters. The number of esters is 1. The van der Waals surface area contributed by atoms with Crippen molar-refractivity contribution in [2.75, 3.05) is 21.3 Å². The van der Waals surface area contributed by atoms with Crippen LogP contribution in [0.15, 0.2) is 36.4 Å². The van der Waals surface area contributed by atoms with Crippen LogP contribution in [0.3, 0.4) is 0 Å². The Morgan fingerprint density at radius 3 is 2.11 bits per heavy atom. The van der Waals surface area contributed by atoms with Crippen LogP contribution in [-0.2, 0) is 9.53 Å². The van der Waals surface area contributed by atoms with Gasteiger partial charge in [-0.2, -0.15) is 0 Å². The summed E-state index contributed by atoms with van der Waals surface area (Å²) in [5.74, 6) is 1.00. The van der Waals surface area contributed by atoms with Gasteiger partial charge in [0.15, 0.2) is 0 Å². The van der Waals surface area contributed by atoms with Crippen molar-refractivity contribution in [1.29, 1.82) is 0 Å². The van der Waals surface area contributed by atoms with Gasteiger partial charge in [0.2, 0.25) is 0 Å². The highest BCUT2D eigenvalue weighted by Gasteiger charge is 2.09. The van der Waals surface area contributed by atoms with E-state index in [0.29, 0.717) is 40.8 Å². The molecule has 0 aliphatic rings. The fourth-order valence-corrected chi connectivity index (χ4v) is 3.19. The minimum atomic E-state index is -0.227. The topological polar surface area (TPSA) is 44.8 Å². The summed E-state index contributed by atoms with van der Waals surface area (Å²) >= 11 is 12.5. The van der Waals surface area contributed by atoms with Gasteiger partial charge in [0.1, 0.15) is 11.5 Å². The molecule has 0 amide bonds. The zero-order chi connectivity index (χ0) is 19.8. The van der Waals surface area contributed by atoms with E-state index in [1.54, 1.807) is 14.2 Å². The van der Waals surface area contributed by atoms with Crippen LogP contribution in [0.4, 0.5) is 0 Å². The number of ether oxygens (including phenoxy) is 3. The smallest absolute Gasteiger partial charge is 0.305 e. The minimum absolute atomic E-state index is 0.227. The highest BCUT2D eigenvalue weighted by atomic mass is 35.5. The molecular weight excluding hydrogens is 387 g/mol. The Labute approximate surface area is 169 Å². The Hall–Kier alpha value is -2.17. The second kappa shape index (κ2) is 10.2. The normalized spacial score (nSPS) is 11.2. The van der Waals surface area contributed by atoms with Gasteiger partial charge in [-0.25, -0.2) is 0 Å². The van der Waals surface area contributed by atoms with Crippen molar-refractivity contribution in [3.8, 4) is 11.5 Å². The maximum Gasteiger partial charge on any atom is 0.305 e. The van der Waals surface area contributed by atoms with Crippen LogP contribution in [0, 0.1) is 0 Å². The number of halogens is 2. The number of carbonyl (C=O) groups is 1. The van der Waals surface area contributed by atoms with Crippen LogP contribution in [-0.4, -0.2) is 27.3 Å². The fraction of sp³-hybridized carbons (Fsp3) is 0.286. The average Bonchev–Trinajstić information content (AvgIpc) is 2.67. The second-order valence-electron chi connectivity index (χ2n) is 5.84. The summed E-state index contributed by atoms with van der Waals surface area (Å²) in [5, 5.41) is 1.06. The molecule has 0 saturated carbocycles. The lowest BCUT2D eigenvalue weighted by Crippen LogP contribution is -1.99. The average molecular weight is 409 g/mol. The molecule has 0 N–H and O–H groups in total. The molecule has 0 radical (unpaired) electrons. The summed E-state index contributed by atoms with van der Waals surface area (Å²) in [6.45, 7) is 0. The van der Waals surface area contributed by atoms with Gasteiger partial charge < -0.3 is 14.2 Å². The molecule has 27 heavy (non-hydrogen) atoms. The first-order chi connectivity index (χ1) is 13.0. The second-order valence-corrected chi connectivity index (χ2v) is 6.66. The van der Waals surface area contributed by atoms with Crippen molar-refractivity contribution in [2.24, 2.45) is 0 Å².